The van der Waals surface area contributed by atoms with Gasteiger partial charge in [0.05, 0.1) is 5.56 Å². The molecular formula is C16H21N3O3. The smallest absolute Gasteiger partial charge is 0.258 e. The molecule has 2 saturated heterocycles. The zero-order valence-corrected chi connectivity index (χ0v) is 12.5. The molecule has 1 aromatic rings. The van der Waals surface area contributed by atoms with Crippen molar-refractivity contribution in [1.82, 2.24) is 15.1 Å². The Labute approximate surface area is 129 Å². The van der Waals surface area contributed by atoms with Crippen LogP contribution in [0.15, 0.2) is 24.3 Å². The summed E-state index contributed by atoms with van der Waals surface area (Å²) < 4.78 is 0. The van der Waals surface area contributed by atoms with Crippen LogP contribution in [0.4, 0.5) is 0 Å². The van der Waals surface area contributed by atoms with Crippen LogP contribution in [0.25, 0.3) is 0 Å². The average molecular weight is 303 g/mol. The van der Waals surface area contributed by atoms with Gasteiger partial charge in [0.1, 0.15) is 11.8 Å². The molecule has 1 unspecified atom stereocenters. The molecule has 1 atom stereocenters. The molecule has 0 radical (unpaired) electrons. The van der Waals surface area contributed by atoms with Gasteiger partial charge in [0, 0.05) is 32.7 Å². The number of carbonyl (C=O) groups excluding carboxylic acids is 2. The normalized spacial score (nSPS) is 21.9. The second-order valence-corrected chi connectivity index (χ2v) is 5.75. The van der Waals surface area contributed by atoms with Gasteiger partial charge in [-0.25, -0.2) is 0 Å². The van der Waals surface area contributed by atoms with Gasteiger partial charge in [-0.05, 0) is 25.0 Å². The van der Waals surface area contributed by atoms with Gasteiger partial charge in [-0.15, -0.1) is 0 Å². The molecule has 22 heavy (non-hydrogen) atoms. The third-order valence-corrected chi connectivity index (χ3v) is 4.36. The largest absolute Gasteiger partial charge is 0.507 e. The highest BCUT2D eigenvalue weighted by atomic mass is 16.3. The SMILES string of the molecule is O=C(C1CCCN1C(=O)c1ccccc1O)N1CCNCC1. The maximum atomic E-state index is 12.7. The predicted octanol–water partition coefficient (Wildman–Crippen LogP) is 0.429. The Morgan fingerprint density at radius 2 is 1.86 bits per heavy atom. The maximum Gasteiger partial charge on any atom is 0.258 e. The van der Waals surface area contributed by atoms with E-state index in [9.17, 15) is 14.7 Å². The van der Waals surface area contributed by atoms with Crippen molar-refractivity contribution in [3.05, 3.63) is 29.8 Å². The number of hydrogen-bond acceptors (Lipinski definition) is 4. The summed E-state index contributed by atoms with van der Waals surface area (Å²) in [6.45, 7) is 3.54. The second-order valence-electron chi connectivity index (χ2n) is 5.75. The van der Waals surface area contributed by atoms with Crippen LogP contribution in [-0.2, 0) is 4.79 Å². The van der Waals surface area contributed by atoms with Crippen LogP contribution >= 0.6 is 0 Å². The summed E-state index contributed by atoms with van der Waals surface area (Å²) >= 11 is 0. The Bertz CT molecular complexity index is 570. The monoisotopic (exact) mass is 303 g/mol. The van der Waals surface area contributed by atoms with Gasteiger partial charge in [-0.3, -0.25) is 9.59 Å². The molecular weight excluding hydrogens is 282 g/mol. The highest BCUT2D eigenvalue weighted by molar-refractivity contribution is 5.99. The topological polar surface area (TPSA) is 72.9 Å². The van der Waals surface area contributed by atoms with E-state index in [4.69, 9.17) is 0 Å². The molecule has 2 N–H and O–H groups in total. The lowest BCUT2D eigenvalue weighted by atomic mass is 10.1. The molecule has 2 amide bonds. The summed E-state index contributed by atoms with van der Waals surface area (Å²) in [6.07, 6.45) is 1.52. The molecule has 2 heterocycles. The van der Waals surface area contributed by atoms with Crippen molar-refractivity contribution in [3.63, 3.8) is 0 Å². The van der Waals surface area contributed by atoms with Crippen LogP contribution in [0.2, 0.25) is 0 Å². The minimum absolute atomic E-state index is 0.0303. The van der Waals surface area contributed by atoms with Crippen molar-refractivity contribution in [2.24, 2.45) is 0 Å². The third kappa shape index (κ3) is 2.78. The zero-order chi connectivity index (χ0) is 15.5. The number of likely N-dealkylation sites (tertiary alicyclic amines) is 1. The molecule has 2 aliphatic rings. The molecule has 2 fully saturated rings. The molecule has 6 heteroatoms. The molecule has 1 aromatic carbocycles. The fraction of sp³-hybridized carbons (Fsp3) is 0.500. The first-order valence-electron chi connectivity index (χ1n) is 7.77. The summed E-state index contributed by atoms with van der Waals surface area (Å²) in [7, 11) is 0. The van der Waals surface area contributed by atoms with E-state index in [0.29, 0.717) is 26.1 Å². The minimum atomic E-state index is -0.398. The van der Waals surface area contributed by atoms with Gasteiger partial charge in [0.15, 0.2) is 0 Å². The first-order chi connectivity index (χ1) is 10.7. The molecule has 6 nitrogen and oxygen atoms in total. The molecule has 2 aliphatic heterocycles. The lowest BCUT2D eigenvalue weighted by molar-refractivity contribution is -0.135. The van der Waals surface area contributed by atoms with E-state index in [1.807, 2.05) is 4.90 Å². The van der Waals surface area contributed by atoms with E-state index >= 15 is 0 Å². The fourth-order valence-electron chi connectivity index (χ4n) is 3.17. The van der Waals surface area contributed by atoms with Crippen molar-refractivity contribution in [2.75, 3.05) is 32.7 Å². The molecule has 3 rings (SSSR count). The van der Waals surface area contributed by atoms with Crippen LogP contribution in [0.3, 0.4) is 0 Å². The van der Waals surface area contributed by atoms with Crippen molar-refractivity contribution in [1.29, 1.82) is 0 Å². The summed E-state index contributed by atoms with van der Waals surface area (Å²) in [6, 6.07) is 6.10. The molecule has 0 aromatic heterocycles. The van der Waals surface area contributed by atoms with E-state index in [1.165, 1.54) is 6.07 Å². The van der Waals surface area contributed by atoms with Crippen molar-refractivity contribution in [2.45, 2.75) is 18.9 Å². The number of nitrogens with zero attached hydrogens (tertiary/aromatic N) is 2. The lowest BCUT2D eigenvalue weighted by Crippen LogP contribution is -2.53. The number of carbonyl (C=O) groups is 2. The number of para-hydroxylation sites is 1. The van der Waals surface area contributed by atoms with Gasteiger partial charge in [0.25, 0.3) is 5.91 Å². The number of rotatable bonds is 2. The van der Waals surface area contributed by atoms with Gasteiger partial charge in [0.2, 0.25) is 5.91 Å². The average Bonchev–Trinajstić information content (AvgIpc) is 3.04. The fourth-order valence-corrected chi connectivity index (χ4v) is 3.17. The standard InChI is InChI=1S/C16H21N3O3/c20-14-6-2-1-4-12(14)15(21)19-9-3-5-13(19)16(22)18-10-7-17-8-11-18/h1-2,4,6,13,17,20H,3,5,7-11H2. The number of aromatic hydroxyl groups is 1. The summed E-state index contributed by atoms with van der Waals surface area (Å²) in [5.41, 5.74) is 0.266. The van der Waals surface area contributed by atoms with Crippen molar-refractivity contribution >= 4 is 11.8 Å². The van der Waals surface area contributed by atoms with Crippen LogP contribution < -0.4 is 5.32 Å². The van der Waals surface area contributed by atoms with E-state index < -0.39 is 6.04 Å². The predicted molar refractivity (Wildman–Crippen MR) is 81.6 cm³/mol. The zero-order valence-electron chi connectivity index (χ0n) is 12.5. The van der Waals surface area contributed by atoms with E-state index in [2.05, 4.69) is 5.32 Å². The second kappa shape index (κ2) is 6.36. The highest BCUT2D eigenvalue weighted by Crippen LogP contribution is 2.25. The number of amides is 2. The molecule has 0 spiro atoms. The molecule has 0 aliphatic carbocycles. The molecule has 0 saturated carbocycles. The lowest BCUT2D eigenvalue weighted by Gasteiger charge is -2.33. The number of phenolic OH excluding ortho intramolecular Hbond substituents is 1. The quantitative estimate of drug-likeness (QED) is 0.831. The van der Waals surface area contributed by atoms with Crippen LogP contribution in [0.1, 0.15) is 23.2 Å². The Morgan fingerprint density at radius 3 is 2.59 bits per heavy atom. The Hall–Kier alpha value is -2.08. The number of benzene rings is 1. The molecule has 0 bridgehead atoms. The number of hydrogen-bond donors (Lipinski definition) is 2. The van der Waals surface area contributed by atoms with E-state index in [1.54, 1.807) is 23.1 Å². The molecule has 118 valence electrons. The van der Waals surface area contributed by atoms with Crippen LogP contribution in [-0.4, -0.2) is 65.5 Å². The van der Waals surface area contributed by atoms with Crippen molar-refractivity contribution < 1.29 is 14.7 Å². The van der Waals surface area contributed by atoms with E-state index in [0.717, 1.165) is 19.5 Å². The van der Waals surface area contributed by atoms with Gasteiger partial charge in [-0.2, -0.15) is 0 Å². The summed E-state index contributed by atoms with van der Waals surface area (Å²) in [5, 5.41) is 13.1. The van der Waals surface area contributed by atoms with Gasteiger partial charge < -0.3 is 20.2 Å². The van der Waals surface area contributed by atoms with Gasteiger partial charge >= 0.3 is 0 Å². The maximum absolute atomic E-state index is 12.7. The Morgan fingerprint density at radius 1 is 1.14 bits per heavy atom. The number of piperazine rings is 1. The van der Waals surface area contributed by atoms with Crippen LogP contribution in [0.5, 0.6) is 5.75 Å². The minimum Gasteiger partial charge on any atom is -0.507 e. The van der Waals surface area contributed by atoms with Crippen LogP contribution in [0, 0.1) is 0 Å². The first kappa shape index (κ1) is 14.8. The summed E-state index contributed by atoms with van der Waals surface area (Å²) in [4.78, 5) is 28.8. The Kier molecular flexibility index (Phi) is 4.29. The van der Waals surface area contributed by atoms with Gasteiger partial charge in [-0.1, -0.05) is 12.1 Å². The summed E-state index contributed by atoms with van der Waals surface area (Å²) in [5.74, 6) is -0.264. The number of nitrogens with one attached hydrogen (secondary N) is 1. The number of phenols is 1. The Balaban J connectivity index is 1.76. The highest BCUT2D eigenvalue weighted by Gasteiger charge is 2.37. The first-order valence-corrected chi connectivity index (χ1v) is 7.77. The van der Waals surface area contributed by atoms with E-state index in [-0.39, 0.29) is 23.1 Å². The van der Waals surface area contributed by atoms with Crippen molar-refractivity contribution in [3.8, 4) is 5.75 Å². The third-order valence-electron chi connectivity index (χ3n) is 4.36.